The van der Waals surface area contributed by atoms with Crippen LogP contribution in [0.4, 0.5) is 17.3 Å². The molecule has 2 aromatic carbocycles. The minimum absolute atomic E-state index is 0.445. The molecule has 1 aliphatic carbocycles. The number of fused-ring (bicyclic) bond motifs is 1. The second-order valence-electron chi connectivity index (χ2n) is 7.07. The normalized spacial score (nSPS) is 15.0. The van der Waals surface area contributed by atoms with Crippen molar-refractivity contribution in [1.29, 1.82) is 0 Å². The van der Waals surface area contributed by atoms with Gasteiger partial charge in [-0.05, 0) is 35.3 Å². The van der Waals surface area contributed by atoms with Crippen LogP contribution in [0.15, 0.2) is 72.8 Å². The number of aromatic nitrogens is 1. The second-order valence-corrected chi connectivity index (χ2v) is 7.07. The molecule has 0 bridgehead atoms. The summed E-state index contributed by atoms with van der Waals surface area (Å²) in [6, 6.07) is 26.0. The summed E-state index contributed by atoms with van der Waals surface area (Å²) in [6.45, 7) is 4.49. The summed E-state index contributed by atoms with van der Waals surface area (Å²) in [7, 11) is -3.83. The number of benzene rings is 2. The van der Waals surface area contributed by atoms with E-state index < -0.39 is 7.25 Å². The van der Waals surface area contributed by atoms with Crippen LogP contribution in [0.5, 0.6) is 0 Å². The number of hydrogen-bond donors (Lipinski definition) is 0. The molecule has 1 aromatic heterocycles. The molecule has 1 atom stereocenters. The lowest BCUT2D eigenvalue weighted by molar-refractivity contribution is -0.687. The number of pyridine rings is 1. The van der Waals surface area contributed by atoms with E-state index in [4.69, 9.17) is 0 Å². The van der Waals surface area contributed by atoms with Crippen LogP contribution in [-0.2, 0) is 7.05 Å². The van der Waals surface area contributed by atoms with Crippen molar-refractivity contribution in [3.8, 4) is 0 Å². The van der Waals surface area contributed by atoms with Crippen molar-refractivity contribution < 1.29 is 21.8 Å². The van der Waals surface area contributed by atoms with Crippen molar-refractivity contribution in [2.45, 2.75) is 19.8 Å². The lowest BCUT2D eigenvalue weighted by Crippen LogP contribution is -2.43. The molecule has 3 aromatic rings. The average molecular weight is 399 g/mol. The topological polar surface area (TPSA) is 3.88 Å². The molecular weight excluding hydrogens is 377 g/mol. The van der Waals surface area contributed by atoms with Crippen LogP contribution >= 0.6 is 0 Å². The van der Waals surface area contributed by atoms with Crippen LogP contribution < -0.4 is 4.57 Å². The number of halogens is 4. The van der Waals surface area contributed by atoms with E-state index in [2.05, 4.69) is 98.3 Å². The van der Waals surface area contributed by atoms with Crippen LogP contribution in [0.25, 0.3) is 11.1 Å². The monoisotopic (exact) mass is 399 g/mol. The number of aryl methyl sites for hydroxylation is 1. The highest BCUT2D eigenvalue weighted by molar-refractivity contribution is 6.50. The first-order chi connectivity index (χ1) is 13.7. The van der Waals surface area contributed by atoms with Gasteiger partial charge in [0.25, 0.3) is 0 Å². The number of rotatable bonds is 2. The minimum atomic E-state index is -6.00. The van der Waals surface area contributed by atoms with Gasteiger partial charge in [-0.1, -0.05) is 60.7 Å². The quantitative estimate of drug-likeness (QED) is 0.275. The van der Waals surface area contributed by atoms with Gasteiger partial charge in [0.2, 0.25) is 0 Å². The smallest absolute Gasteiger partial charge is 0.418 e. The zero-order valence-electron chi connectivity index (χ0n) is 16.5. The van der Waals surface area contributed by atoms with Gasteiger partial charge in [0.05, 0.1) is 5.92 Å². The van der Waals surface area contributed by atoms with Gasteiger partial charge in [-0.25, -0.2) is 4.57 Å². The van der Waals surface area contributed by atoms with Crippen LogP contribution in [-0.4, -0.2) is 7.25 Å². The van der Waals surface area contributed by atoms with Crippen molar-refractivity contribution >= 4 is 18.4 Å². The fraction of sp³-hybridized carbons (Fsp3) is 0.174. The Balaban J connectivity index is 0.000000431. The fourth-order valence-electron chi connectivity index (χ4n) is 3.85. The van der Waals surface area contributed by atoms with Crippen LogP contribution in [0.3, 0.4) is 0 Å². The van der Waals surface area contributed by atoms with Crippen molar-refractivity contribution in [3.63, 3.8) is 0 Å². The Bertz CT molecular complexity index is 980. The summed E-state index contributed by atoms with van der Waals surface area (Å²) < 4.78 is 41.3. The van der Waals surface area contributed by atoms with Gasteiger partial charge in [-0.3, -0.25) is 0 Å². The summed E-state index contributed by atoms with van der Waals surface area (Å²) in [5.41, 5.74) is 9.53. The molecular formula is C23H22BF4N. The van der Waals surface area contributed by atoms with Gasteiger partial charge in [-0.15, -0.1) is 0 Å². The van der Waals surface area contributed by atoms with E-state index in [1.165, 1.54) is 39.2 Å². The Hall–Kier alpha value is -2.89. The maximum absolute atomic E-state index is 9.75. The average Bonchev–Trinajstić information content (AvgIpc) is 2.68. The summed E-state index contributed by atoms with van der Waals surface area (Å²) in [5.74, 6) is 0.445. The zero-order chi connectivity index (χ0) is 21.2. The third-order valence-electron chi connectivity index (χ3n) is 5.19. The van der Waals surface area contributed by atoms with Crippen LogP contribution in [0, 0.1) is 6.92 Å². The zero-order valence-corrected chi connectivity index (χ0v) is 16.5. The minimum Gasteiger partial charge on any atom is -0.418 e. The van der Waals surface area contributed by atoms with Crippen molar-refractivity contribution in [1.82, 2.24) is 0 Å². The lowest BCUT2D eigenvalue weighted by Gasteiger charge is -2.31. The predicted molar refractivity (Wildman–Crippen MR) is 110 cm³/mol. The summed E-state index contributed by atoms with van der Waals surface area (Å²) in [6.07, 6.45) is 0. The Kier molecular flexibility index (Phi) is 5.92. The van der Waals surface area contributed by atoms with Crippen molar-refractivity contribution in [2.75, 3.05) is 0 Å². The Morgan fingerprint density at radius 3 is 1.69 bits per heavy atom. The molecule has 29 heavy (non-hydrogen) atoms. The van der Waals surface area contributed by atoms with Crippen molar-refractivity contribution in [2.24, 2.45) is 7.05 Å². The first kappa shape index (κ1) is 20.8. The Morgan fingerprint density at radius 2 is 1.24 bits per heavy atom. The van der Waals surface area contributed by atoms with Crippen LogP contribution in [0.1, 0.15) is 40.9 Å². The molecule has 1 nitrogen and oxygen atoms in total. The molecule has 6 heteroatoms. The van der Waals surface area contributed by atoms with Gasteiger partial charge in [0.15, 0.2) is 11.4 Å². The van der Waals surface area contributed by atoms with E-state index in [-0.39, 0.29) is 0 Å². The van der Waals surface area contributed by atoms with E-state index in [1.54, 1.807) is 0 Å². The molecule has 0 radical (unpaired) electrons. The lowest BCUT2D eigenvalue weighted by atomic mass is 9.72. The number of nitrogens with zero attached hydrogens (tertiary/aromatic N) is 1. The highest BCUT2D eigenvalue weighted by atomic mass is 19.5. The maximum atomic E-state index is 9.75. The van der Waals surface area contributed by atoms with E-state index in [1.807, 2.05) is 0 Å². The molecule has 0 saturated heterocycles. The van der Waals surface area contributed by atoms with E-state index >= 15 is 0 Å². The summed E-state index contributed by atoms with van der Waals surface area (Å²) >= 11 is 0. The maximum Gasteiger partial charge on any atom is 0.673 e. The van der Waals surface area contributed by atoms with Gasteiger partial charge in [0, 0.05) is 18.6 Å². The largest absolute Gasteiger partial charge is 0.673 e. The van der Waals surface area contributed by atoms with Crippen LogP contribution in [0.2, 0.25) is 0 Å². The molecule has 0 saturated carbocycles. The SMILES string of the molecule is Cc1ccc2c([n+]1C)C(C)C2=C(c1ccccc1)c1ccccc1.F[B-](F)(F)F. The number of hydrogen-bond acceptors (Lipinski definition) is 0. The highest BCUT2D eigenvalue weighted by Gasteiger charge is 2.39. The first-order valence-corrected chi connectivity index (χ1v) is 9.40. The second kappa shape index (κ2) is 8.23. The third kappa shape index (κ3) is 4.58. The molecule has 1 aliphatic rings. The molecule has 1 unspecified atom stereocenters. The summed E-state index contributed by atoms with van der Waals surface area (Å²) in [4.78, 5) is 0. The van der Waals surface area contributed by atoms with Gasteiger partial charge in [0.1, 0.15) is 7.05 Å². The molecule has 0 N–H and O–H groups in total. The Labute approximate surface area is 168 Å². The van der Waals surface area contributed by atoms with Crippen molar-refractivity contribution in [3.05, 3.63) is 101 Å². The standard InChI is InChI=1S/C23H22N.BF4/c1-16-14-15-20-21(17(2)23(20)24(16)3)22(18-10-6-4-7-11-18)19-12-8-5-9-13-19;2-1(3,4)5/h4-15,17H,1-3H3;/q+1;-1. The predicted octanol–water partition coefficient (Wildman–Crippen LogP) is 6.20. The molecule has 0 amide bonds. The first-order valence-electron chi connectivity index (χ1n) is 9.40. The molecule has 0 aliphatic heterocycles. The molecule has 0 fully saturated rings. The van der Waals surface area contributed by atoms with E-state index in [0.717, 1.165) is 0 Å². The molecule has 4 rings (SSSR count). The third-order valence-corrected chi connectivity index (χ3v) is 5.19. The Morgan fingerprint density at radius 1 is 0.793 bits per heavy atom. The molecule has 1 heterocycles. The molecule has 150 valence electrons. The van der Waals surface area contributed by atoms with Gasteiger partial charge < -0.3 is 17.3 Å². The number of allylic oxidation sites excluding steroid dienone is 1. The van der Waals surface area contributed by atoms with E-state index in [0.29, 0.717) is 5.92 Å². The van der Waals surface area contributed by atoms with Gasteiger partial charge >= 0.3 is 7.25 Å². The summed E-state index contributed by atoms with van der Waals surface area (Å²) in [5, 5.41) is 0. The fourth-order valence-corrected chi connectivity index (χ4v) is 3.85. The molecule has 0 spiro atoms. The van der Waals surface area contributed by atoms with Gasteiger partial charge in [-0.2, -0.15) is 0 Å². The van der Waals surface area contributed by atoms with E-state index in [9.17, 15) is 17.3 Å². The highest BCUT2D eigenvalue weighted by Crippen LogP contribution is 2.49.